The first-order valence-electron chi connectivity index (χ1n) is 6.76. The average molecular weight is 305 g/mol. The summed E-state index contributed by atoms with van der Waals surface area (Å²) in [4.78, 5) is 12.9. The van der Waals surface area contributed by atoms with Gasteiger partial charge in [0.05, 0.1) is 0 Å². The van der Waals surface area contributed by atoms with E-state index in [1.54, 1.807) is 0 Å². The molecule has 0 spiro atoms. The zero-order chi connectivity index (χ0) is 13.1. The van der Waals surface area contributed by atoms with Gasteiger partial charge in [0.25, 0.3) is 0 Å². The predicted molar refractivity (Wildman–Crippen MR) is 85.3 cm³/mol. The van der Waals surface area contributed by atoms with Gasteiger partial charge in [-0.25, -0.2) is 0 Å². The van der Waals surface area contributed by atoms with Crippen LogP contribution in [-0.2, 0) is 11.2 Å². The summed E-state index contributed by atoms with van der Waals surface area (Å²) in [5.74, 6) is 0.197. The molecular formula is C14H25ClN2OS. The summed E-state index contributed by atoms with van der Waals surface area (Å²) in [5, 5.41) is 8.13. The van der Waals surface area contributed by atoms with E-state index in [4.69, 9.17) is 0 Å². The lowest BCUT2D eigenvalue weighted by molar-refractivity contribution is -0.121. The lowest BCUT2D eigenvalue weighted by atomic mass is 10.1. The van der Waals surface area contributed by atoms with E-state index < -0.39 is 0 Å². The van der Waals surface area contributed by atoms with Gasteiger partial charge in [-0.15, -0.1) is 23.7 Å². The first-order chi connectivity index (χ1) is 8.83. The Morgan fingerprint density at radius 2 is 2.05 bits per heavy atom. The molecule has 0 radical (unpaired) electrons. The van der Waals surface area contributed by atoms with Crippen molar-refractivity contribution < 1.29 is 4.79 Å². The quantitative estimate of drug-likeness (QED) is 0.653. The van der Waals surface area contributed by atoms with Crippen LogP contribution in [0.4, 0.5) is 0 Å². The van der Waals surface area contributed by atoms with Crippen LogP contribution in [0.5, 0.6) is 0 Å². The van der Waals surface area contributed by atoms with Gasteiger partial charge < -0.3 is 10.6 Å². The summed E-state index contributed by atoms with van der Waals surface area (Å²) in [7, 11) is 1.93. The van der Waals surface area contributed by atoms with Gasteiger partial charge >= 0.3 is 0 Å². The van der Waals surface area contributed by atoms with E-state index in [0.717, 1.165) is 38.8 Å². The number of amides is 1. The van der Waals surface area contributed by atoms with E-state index in [1.807, 2.05) is 18.4 Å². The molecule has 0 bridgehead atoms. The van der Waals surface area contributed by atoms with E-state index in [-0.39, 0.29) is 18.3 Å². The maximum atomic E-state index is 11.5. The fourth-order valence-electron chi connectivity index (χ4n) is 1.80. The smallest absolute Gasteiger partial charge is 0.219 e. The maximum Gasteiger partial charge on any atom is 0.219 e. The van der Waals surface area contributed by atoms with E-state index in [9.17, 15) is 4.79 Å². The number of aryl methyl sites for hydroxylation is 1. The zero-order valence-electron chi connectivity index (χ0n) is 11.6. The van der Waals surface area contributed by atoms with Crippen molar-refractivity contribution in [3.8, 4) is 0 Å². The minimum Gasteiger partial charge on any atom is -0.356 e. The van der Waals surface area contributed by atoms with E-state index in [2.05, 4.69) is 28.1 Å². The molecule has 0 unspecified atom stereocenters. The number of carbonyl (C=O) groups is 1. The molecule has 5 heteroatoms. The van der Waals surface area contributed by atoms with Gasteiger partial charge in [0.2, 0.25) is 5.91 Å². The molecule has 0 aromatic carbocycles. The van der Waals surface area contributed by atoms with Gasteiger partial charge in [0, 0.05) is 17.8 Å². The van der Waals surface area contributed by atoms with Crippen molar-refractivity contribution in [2.45, 2.75) is 38.5 Å². The topological polar surface area (TPSA) is 41.1 Å². The number of carbonyl (C=O) groups excluding carboxylic acids is 1. The zero-order valence-corrected chi connectivity index (χ0v) is 13.2. The van der Waals surface area contributed by atoms with Crippen molar-refractivity contribution in [3.05, 3.63) is 22.4 Å². The summed E-state index contributed by atoms with van der Waals surface area (Å²) in [6, 6.07) is 4.28. The Morgan fingerprint density at radius 3 is 2.74 bits per heavy atom. The fraction of sp³-hybridized carbons (Fsp3) is 0.643. The molecule has 0 atom stereocenters. The van der Waals surface area contributed by atoms with Gasteiger partial charge in [-0.1, -0.05) is 12.5 Å². The van der Waals surface area contributed by atoms with Crippen molar-refractivity contribution >= 4 is 29.7 Å². The largest absolute Gasteiger partial charge is 0.356 e. The first-order valence-corrected chi connectivity index (χ1v) is 7.64. The van der Waals surface area contributed by atoms with Gasteiger partial charge in [-0.3, -0.25) is 4.79 Å². The van der Waals surface area contributed by atoms with Crippen LogP contribution in [0, 0.1) is 0 Å². The van der Waals surface area contributed by atoms with E-state index in [0.29, 0.717) is 6.42 Å². The molecule has 1 amide bonds. The number of rotatable bonds is 10. The number of hydrogen-bond acceptors (Lipinski definition) is 3. The molecule has 3 nitrogen and oxygen atoms in total. The Morgan fingerprint density at radius 1 is 1.21 bits per heavy atom. The highest BCUT2D eigenvalue weighted by Crippen LogP contribution is 2.13. The molecule has 0 aliphatic carbocycles. The Hall–Kier alpha value is -0.580. The first kappa shape index (κ1) is 18.4. The fourth-order valence-corrected chi connectivity index (χ4v) is 2.55. The molecule has 1 heterocycles. The van der Waals surface area contributed by atoms with Crippen LogP contribution in [0.3, 0.4) is 0 Å². The van der Waals surface area contributed by atoms with Crippen LogP contribution in [-0.4, -0.2) is 26.0 Å². The normalized spacial score (nSPS) is 9.95. The average Bonchev–Trinajstić information content (AvgIpc) is 2.87. The highest BCUT2D eigenvalue weighted by atomic mass is 35.5. The third-order valence-electron chi connectivity index (χ3n) is 2.83. The second-order valence-electron chi connectivity index (χ2n) is 4.45. The number of unbranched alkanes of at least 4 members (excludes halogenated alkanes) is 2. The maximum absolute atomic E-state index is 11.5. The third kappa shape index (κ3) is 9.93. The second kappa shape index (κ2) is 12.5. The Kier molecular flexibility index (Phi) is 12.1. The van der Waals surface area contributed by atoms with Gasteiger partial charge in [-0.2, -0.15) is 0 Å². The molecule has 19 heavy (non-hydrogen) atoms. The second-order valence-corrected chi connectivity index (χ2v) is 5.48. The SMILES string of the molecule is CNCCCNC(=O)CCCCCc1cccs1.Cl. The number of hydrogen-bond donors (Lipinski definition) is 2. The molecule has 0 saturated carbocycles. The Labute approximate surface area is 126 Å². The van der Waals surface area contributed by atoms with Gasteiger partial charge in [-0.05, 0) is 50.7 Å². The monoisotopic (exact) mass is 304 g/mol. The minimum absolute atomic E-state index is 0. The van der Waals surface area contributed by atoms with Crippen molar-refractivity contribution in [1.29, 1.82) is 0 Å². The number of halogens is 1. The molecule has 0 fully saturated rings. The molecule has 2 N–H and O–H groups in total. The van der Waals surface area contributed by atoms with Crippen LogP contribution in [0.25, 0.3) is 0 Å². The molecule has 0 aliphatic rings. The van der Waals surface area contributed by atoms with Crippen LogP contribution >= 0.6 is 23.7 Å². The summed E-state index contributed by atoms with van der Waals surface area (Å²) in [6.45, 7) is 1.75. The van der Waals surface area contributed by atoms with Crippen LogP contribution in [0.2, 0.25) is 0 Å². The van der Waals surface area contributed by atoms with Crippen LogP contribution < -0.4 is 10.6 Å². The van der Waals surface area contributed by atoms with Crippen molar-refractivity contribution in [3.63, 3.8) is 0 Å². The van der Waals surface area contributed by atoms with E-state index >= 15 is 0 Å². The molecule has 1 aromatic rings. The summed E-state index contributed by atoms with van der Waals surface area (Å²) in [6.07, 6.45) is 6.16. The van der Waals surface area contributed by atoms with Crippen LogP contribution in [0.15, 0.2) is 17.5 Å². The lowest BCUT2D eigenvalue weighted by Crippen LogP contribution is -2.26. The molecule has 0 aliphatic heterocycles. The van der Waals surface area contributed by atoms with Crippen LogP contribution in [0.1, 0.15) is 37.0 Å². The van der Waals surface area contributed by atoms with Crippen molar-refractivity contribution in [1.82, 2.24) is 10.6 Å². The van der Waals surface area contributed by atoms with Gasteiger partial charge in [0.1, 0.15) is 0 Å². The van der Waals surface area contributed by atoms with Crippen molar-refractivity contribution in [2.75, 3.05) is 20.1 Å². The minimum atomic E-state index is 0. The standard InChI is InChI=1S/C14H24N2OS.ClH/c1-15-10-6-11-16-14(17)9-4-2-3-7-13-8-5-12-18-13;/h5,8,12,15H,2-4,6-7,9-11H2,1H3,(H,16,17);1H. The van der Waals surface area contributed by atoms with E-state index in [1.165, 1.54) is 11.3 Å². The molecule has 1 rings (SSSR count). The number of thiophene rings is 1. The van der Waals surface area contributed by atoms with Gasteiger partial charge in [0.15, 0.2) is 0 Å². The summed E-state index contributed by atoms with van der Waals surface area (Å²) < 4.78 is 0. The van der Waals surface area contributed by atoms with Crippen molar-refractivity contribution in [2.24, 2.45) is 0 Å². The molecular weight excluding hydrogens is 280 g/mol. The summed E-state index contributed by atoms with van der Waals surface area (Å²) in [5.41, 5.74) is 0. The summed E-state index contributed by atoms with van der Waals surface area (Å²) >= 11 is 1.82. The highest BCUT2D eigenvalue weighted by Gasteiger charge is 2.00. The highest BCUT2D eigenvalue weighted by molar-refractivity contribution is 7.09. The Balaban J connectivity index is 0.00000324. The Bertz CT molecular complexity index is 317. The number of nitrogens with one attached hydrogen (secondary N) is 2. The predicted octanol–water partition coefficient (Wildman–Crippen LogP) is 3.00. The molecule has 110 valence electrons. The lowest BCUT2D eigenvalue weighted by Gasteiger charge is -2.04. The molecule has 1 aromatic heterocycles. The molecule has 0 saturated heterocycles. The third-order valence-corrected chi connectivity index (χ3v) is 3.77.